The topological polar surface area (TPSA) is 90.6 Å². The summed E-state index contributed by atoms with van der Waals surface area (Å²) in [5, 5.41) is 1.51. The summed E-state index contributed by atoms with van der Waals surface area (Å²) in [7, 11) is -3.71. The molecule has 1 aromatic carbocycles. The second-order valence-electron chi connectivity index (χ2n) is 4.91. The zero-order valence-corrected chi connectivity index (χ0v) is 12.2. The summed E-state index contributed by atoms with van der Waals surface area (Å²) in [4.78, 5) is 10.2. The lowest BCUT2D eigenvalue weighted by Gasteiger charge is -2.08. The predicted octanol–water partition coefficient (Wildman–Crippen LogP) is 2.85. The molecule has 0 aliphatic heterocycles. The number of sulfonamides is 1. The van der Waals surface area contributed by atoms with E-state index < -0.39 is 10.0 Å². The summed E-state index contributed by atoms with van der Waals surface area (Å²) >= 11 is 0. The van der Waals surface area contributed by atoms with E-state index in [2.05, 4.69) is 19.7 Å². The van der Waals surface area contributed by atoms with Crippen molar-refractivity contribution in [2.75, 3.05) is 4.72 Å². The number of benzene rings is 1. The van der Waals surface area contributed by atoms with Crippen LogP contribution in [0, 0.1) is 0 Å². The average Bonchev–Trinajstić information content (AvgIpc) is 3.14. The highest BCUT2D eigenvalue weighted by atomic mass is 32.2. The van der Waals surface area contributed by atoms with Gasteiger partial charge in [0.05, 0.1) is 11.2 Å². The van der Waals surface area contributed by atoms with Crippen LogP contribution < -0.4 is 4.72 Å². The molecule has 0 fully saturated rings. The van der Waals surface area contributed by atoms with E-state index in [0.29, 0.717) is 16.7 Å². The van der Waals surface area contributed by atoms with Crippen molar-refractivity contribution in [3.8, 4) is 0 Å². The number of hydrogen-bond donors (Lipinski definition) is 3. The van der Waals surface area contributed by atoms with Crippen LogP contribution in [0.3, 0.4) is 0 Å². The van der Waals surface area contributed by atoms with Crippen LogP contribution >= 0.6 is 0 Å². The van der Waals surface area contributed by atoms with Gasteiger partial charge in [-0.2, -0.15) is 0 Å². The number of para-hydroxylation sites is 1. The monoisotopic (exact) mass is 312 g/mol. The lowest BCUT2D eigenvalue weighted by atomic mass is 10.2. The van der Waals surface area contributed by atoms with Gasteiger partial charge in [0, 0.05) is 29.4 Å². The molecule has 0 amide bonds. The molecule has 0 saturated heterocycles. The maximum absolute atomic E-state index is 12.7. The van der Waals surface area contributed by atoms with Gasteiger partial charge < -0.3 is 9.97 Å². The number of nitrogens with zero attached hydrogens (tertiary/aromatic N) is 1. The number of aromatic amines is 2. The van der Waals surface area contributed by atoms with Gasteiger partial charge in [-0.25, -0.2) is 13.4 Å². The highest BCUT2D eigenvalue weighted by Gasteiger charge is 2.20. The van der Waals surface area contributed by atoms with Gasteiger partial charge in [-0.1, -0.05) is 12.1 Å². The molecule has 6 nitrogen and oxygen atoms in total. The Hall–Kier alpha value is -2.80. The SMILES string of the molecule is O=S(=O)(Nc1cccc2cc[nH]c12)c1c[nH]c2ncccc12. The maximum atomic E-state index is 12.7. The molecular weight excluding hydrogens is 300 g/mol. The molecule has 110 valence electrons. The van der Waals surface area contributed by atoms with Gasteiger partial charge in [0.1, 0.15) is 10.5 Å². The fourth-order valence-electron chi connectivity index (χ4n) is 2.52. The van der Waals surface area contributed by atoms with Crippen molar-refractivity contribution < 1.29 is 8.42 Å². The zero-order valence-electron chi connectivity index (χ0n) is 11.4. The molecule has 0 saturated carbocycles. The quantitative estimate of drug-likeness (QED) is 0.543. The van der Waals surface area contributed by atoms with Crippen LogP contribution in [-0.4, -0.2) is 23.4 Å². The first-order valence-electron chi connectivity index (χ1n) is 6.66. The second kappa shape index (κ2) is 4.60. The standard InChI is InChI=1S/C15H12N4O2S/c20-22(21,13-9-18-15-11(13)4-2-7-17-15)19-12-5-1-3-10-6-8-16-14(10)12/h1-9,16,19H,(H,17,18). The molecule has 0 aliphatic carbocycles. The largest absolute Gasteiger partial charge is 0.359 e. The van der Waals surface area contributed by atoms with E-state index in [-0.39, 0.29) is 4.90 Å². The molecule has 0 atom stereocenters. The van der Waals surface area contributed by atoms with E-state index in [0.717, 1.165) is 10.9 Å². The van der Waals surface area contributed by atoms with E-state index in [1.165, 1.54) is 6.20 Å². The normalized spacial score (nSPS) is 12.0. The molecule has 0 aliphatic rings. The van der Waals surface area contributed by atoms with Crippen molar-refractivity contribution in [3.63, 3.8) is 0 Å². The van der Waals surface area contributed by atoms with Crippen LogP contribution in [0.25, 0.3) is 21.9 Å². The van der Waals surface area contributed by atoms with E-state index in [4.69, 9.17) is 0 Å². The van der Waals surface area contributed by atoms with E-state index in [9.17, 15) is 8.42 Å². The second-order valence-corrected chi connectivity index (χ2v) is 6.56. The Morgan fingerprint density at radius 2 is 1.95 bits per heavy atom. The Morgan fingerprint density at radius 1 is 1.05 bits per heavy atom. The van der Waals surface area contributed by atoms with Crippen LogP contribution in [0.1, 0.15) is 0 Å². The molecule has 4 rings (SSSR count). The molecule has 7 heteroatoms. The number of H-pyrrole nitrogens is 2. The highest BCUT2D eigenvalue weighted by Crippen LogP contribution is 2.27. The van der Waals surface area contributed by atoms with Crippen molar-refractivity contribution >= 4 is 37.6 Å². The van der Waals surface area contributed by atoms with Gasteiger partial charge in [0.2, 0.25) is 0 Å². The predicted molar refractivity (Wildman–Crippen MR) is 85.2 cm³/mol. The molecule has 22 heavy (non-hydrogen) atoms. The minimum Gasteiger partial charge on any atom is -0.359 e. The summed E-state index contributed by atoms with van der Waals surface area (Å²) in [6, 6.07) is 10.8. The summed E-state index contributed by atoms with van der Waals surface area (Å²) in [5.41, 5.74) is 1.81. The molecule has 3 heterocycles. The van der Waals surface area contributed by atoms with Gasteiger partial charge >= 0.3 is 0 Å². The Bertz CT molecular complexity index is 1080. The first-order valence-corrected chi connectivity index (χ1v) is 8.14. The van der Waals surface area contributed by atoms with E-state index in [1.54, 1.807) is 30.6 Å². The molecule has 4 aromatic rings. The summed E-state index contributed by atoms with van der Waals surface area (Å²) < 4.78 is 28.0. The number of rotatable bonds is 3. The van der Waals surface area contributed by atoms with Gasteiger partial charge in [0.15, 0.2) is 0 Å². The van der Waals surface area contributed by atoms with Crippen molar-refractivity contribution in [3.05, 3.63) is 55.0 Å². The number of hydrogen-bond acceptors (Lipinski definition) is 3. The van der Waals surface area contributed by atoms with Crippen LogP contribution in [0.5, 0.6) is 0 Å². The van der Waals surface area contributed by atoms with Crippen LogP contribution in [0.15, 0.2) is 59.9 Å². The lowest BCUT2D eigenvalue weighted by molar-refractivity contribution is 0.602. The van der Waals surface area contributed by atoms with Crippen molar-refractivity contribution in [1.29, 1.82) is 0 Å². The fraction of sp³-hybridized carbons (Fsp3) is 0. The van der Waals surface area contributed by atoms with Crippen molar-refractivity contribution in [1.82, 2.24) is 15.0 Å². The number of aromatic nitrogens is 3. The van der Waals surface area contributed by atoms with Gasteiger partial charge in [-0.3, -0.25) is 4.72 Å². The van der Waals surface area contributed by atoms with Crippen LogP contribution in [0.2, 0.25) is 0 Å². The average molecular weight is 312 g/mol. The van der Waals surface area contributed by atoms with Gasteiger partial charge in [0.25, 0.3) is 10.0 Å². The molecule has 3 N–H and O–H groups in total. The number of pyridine rings is 1. The third-order valence-corrected chi connectivity index (χ3v) is 4.94. The lowest BCUT2D eigenvalue weighted by Crippen LogP contribution is -2.12. The smallest absolute Gasteiger partial charge is 0.264 e. The number of anilines is 1. The van der Waals surface area contributed by atoms with Crippen molar-refractivity contribution in [2.45, 2.75) is 4.90 Å². The molecule has 3 aromatic heterocycles. The van der Waals surface area contributed by atoms with Crippen LogP contribution in [-0.2, 0) is 10.0 Å². The minimum absolute atomic E-state index is 0.180. The Morgan fingerprint density at radius 3 is 2.86 bits per heavy atom. The minimum atomic E-state index is -3.71. The summed E-state index contributed by atoms with van der Waals surface area (Å²) in [6.07, 6.45) is 4.84. The van der Waals surface area contributed by atoms with E-state index >= 15 is 0 Å². The molecule has 0 bridgehead atoms. The van der Waals surface area contributed by atoms with Crippen LogP contribution in [0.4, 0.5) is 5.69 Å². The summed E-state index contributed by atoms with van der Waals surface area (Å²) in [6.45, 7) is 0. The summed E-state index contributed by atoms with van der Waals surface area (Å²) in [5.74, 6) is 0. The Kier molecular flexibility index (Phi) is 2.70. The third-order valence-electron chi connectivity index (χ3n) is 3.53. The first kappa shape index (κ1) is 12.9. The fourth-order valence-corrected chi connectivity index (χ4v) is 3.76. The van der Waals surface area contributed by atoms with Gasteiger partial charge in [-0.15, -0.1) is 0 Å². The molecule has 0 unspecified atom stereocenters. The first-order chi connectivity index (χ1) is 10.6. The Balaban J connectivity index is 1.83. The molecule has 0 spiro atoms. The molecule has 0 radical (unpaired) electrons. The Labute approximate surface area is 126 Å². The van der Waals surface area contributed by atoms with Crippen molar-refractivity contribution in [2.24, 2.45) is 0 Å². The highest BCUT2D eigenvalue weighted by molar-refractivity contribution is 7.93. The van der Waals surface area contributed by atoms with Gasteiger partial charge in [-0.05, 0) is 24.3 Å². The zero-order chi connectivity index (χ0) is 15.2. The number of nitrogens with one attached hydrogen (secondary N) is 3. The molecular formula is C15H12N4O2S. The van der Waals surface area contributed by atoms with E-state index in [1.807, 2.05) is 18.2 Å². The maximum Gasteiger partial charge on any atom is 0.264 e. The number of fused-ring (bicyclic) bond motifs is 2. The third kappa shape index (κ3) is 1.94.